The van der Waals surface area contributed by atoms with E-state index in [1.807, 2.05) is 0 Å². The highest BCUT2D eigenvalue weighted by Gasteiger charge is 2.19. The van der Waals surface area contributed by atoms with Gasteiger partial charge in [-0.25, -0.2) is 0 Å². The molecule has 0 heterocycles. The van der Waals surface area contributed by atoms with E-state index in [1.54, 1.807) is 0 Å². The van der Waals surface area contributed by atoms with Crippen LogP contribution in [0.15, 0.2) is 0 Å². The topological polar surface area (TPSA) is 78.9 Å². The molecule has 380 valence electrons. The maximum absolute atomic E-state index is 12.8. The fraction of sp³-hybridized carbons (Fsp3) is 0.948. The largest absolute Gasteiger partial charge is 0.462 e. The average Bonchev–Trinajstić information content (AvgIpc) is 3.28. The van der Waals surface area contributed by atoms with Gasteiger partial charge in [0.15, 0.2) is 6.10 Å². The first kappa shape index (κ1) is 62.4. The first-order valence-electron chi connectivity index (χ1n) is 28.9. The third-order valence-corrected chi connectivity index (χ3v) is 13.3. The van der Waals surface area contributed by atoms with E-state index in [1.165, 1.54) is 225 Å². The lowest BCUT2D eigenvalue weighted by Gasteiger charge is -2.18. The summed E-state index contributed by atoms with van der Waals surface area (Å²) in [6.07, 6.45) is 56.6. The van der Waals surface area contributed by atoms with E-state index in [2.05, 4.69) is 27.7 Å². The third kappa shape index (κ3) is 51.4. The van der Waals surface area contributed by atoms with Crippen LogP contribution in [0.5, 0.6) is 0 Å². The van der Waals surface area contributed by atoms with Gasteiger partial charge in [0.05, 0.1) is 0 Å². The van der Waals surface area contributed by atoms with Crippen molar-refractivity contribution in [2.24, 2.45) is 5.92 Å². The lowest BCUT2D eigenvalue weighted by molar-refractivity contribution is -0.167. The van der Waals surface area contributed by atoms with E-state index in [-0.39, 0.29) is 31.1 Å². The minimum absolute atomic E-state index is 0.0620. The molecule has 6 nitrogen and oxygen atoms in total. The van der Waals surface area contributed by atoms with Crippen molar-refractivity contribution in [1.29, 1.82) is 0 Å². The van der Waals surface area contributed by atoms with Crippen molar-refractivity contribution in [2.75, 3.05) is 13.2 Å². The summed E-state index contributed by atoms with van der Waals surface area (Å²) in [5.41, 5.74) is 0. The molecule has 0 aliphatic carbocycles. The predicted octanol–water partition coefficient (Wildman–Crippen LogP) is 19.0. The highest BCUT2D eigenvalue weighted by molar-refractivity contribution is 5.71. The predicted molar refractivity (Wildman–Crippen MR) is 275 cm³/mol. The second-order valence-electron chi connectivity index (χ2n) is 20.4. The molecule has 0 saturated carbocycles. The third-order valence-electron chi connectivity index (χ3n) is 13.3. The van der Waals surface area contributed by atoms with Crippen molar-refractivity contribution in [3.05, 3.63) is 0 Å². The fourth-order valence-corrected chi connectivity index (χ4v) is 8.92. The highest BCUT2D eigenvalue weighted by atomic mass is 16.6. The zero-order valence-electron chi connectivity index (χ0n) is 43.8. The molecule has 0 bridgehead atoms. The minimum Gasteiger partial charge on any atom is -0.462 e. The Kier molecular flexibility index (Phi) is 51.1. The summed E-state index contributed by atoms with van der Waals surface area (Å²) in [6, 6.07) is 0. The molecule has 1 atom stereocenters. The van der Waals surface area contributed by atoms with E-state index >= 15 is 0 Å². The number of rotatable bonds is 53. The quantitative estimate of drug-likeness (QED) is 0.0344. The maximum Gasteiger partial charge on any atom is 0.306 e. The Hall–Kier alpha value is -1.59. The molecule has 0 saturated heterocycles. The number of unbranched alkanes of at least 4 members (excludes halogenated alkanes) is 40. The van der Waals surface area contributed by atoms with Crippen LogP contribution >= 0.6 is 0 Å². The Balaban J connectivity index is 4.29. The summed E-state index contributed by atoms with van der Waals surface area (Å²) in [4.78, 5) is 38.1. The Bertz CT molecular complexity index is 964. The summed E-state index contributed by atoms with van der Waals surface area (Å²) in [7, 11) is 0. The van der Waals surface area contributed by atoms with Crippen LogP contribution < -0.4 is 0 Å². The maximum atomic E-state index is 12.8. The van der Waals surface area contributed by atoms with Gasteiger partial charge in [-0.1, -0.05) is 291 Å². The number of esters is 3. The molecule has 0 unspecified atom stereocenters. The number of hydrogen-bond acceptors (Lipinski definition) is 6. The van der Waals surface area contributed by atoms with Crippen molar-refractivity contribution >= 4 is 17.9 Å². The van der Waals surface area contributed by atoms with E-state index < -0.39 is 6.10 Å². The normalized spacial score (nSPS) is 12.0. The molecular formula is C58H112O6. The van der Waals surface area contributed by atoms with Gasteiger partial charge in [0, 0.05) is 19.3 Å². The van der Waals surface area contributed by atoms with Gasteiger partial charge in [-0.2, -0.15) is 0 Å². The van der Waals surface area contributed by atoms with Crippen LogP contribution in [0, 0.1) is 5.92 Å². The SMILES string of the molecule is CCCCCCCCCCCCCCCCCCCC(=O)OC[C@H](COC(=O)CCCCCCCCCCCCC(C)C)OC(=O)CCCCCCCCCCCCCCCCCC. The first-order chi connectivity index (χ1) is 31.4. The monoisotopic (exact) mass is 905 g/mol. The van der Waals surface area contributed by atoms with Crippen molar-refractivity contribution in [3.63, 3.8) is 0 Å². The van der Waals surface area contributed by atoms with Gasteiger partial charge in [-0.15, -0.1) is 0 Å². The molecule has 0 aliphatic heterocycles. The summed E-state index contributed by atoms with van der Waals surface area (Å²) in [5.74, 6) is -0.0177. The first-order valence-corrected chi connectivity index (χ1v) is 28.9. The number of hydrogen-bond donors (Lipinski definition) is 0. The lowest BCUT2D eigenvalue weighted by Crippen LogP contribution is -2.30. The molecule has 6 heteroatoms. The zero-order valence-corrected chi connectivity index (χ0v) is 43.8. The van der Waals surface area contributed by atoms with Crippen molar-refractivity contribution < 1.29 is 28.6 Å². The minimum atomic E-state index is -0.762. The van der Waals surface area contributed by atoms with E-state index in [9.17, 15) is 14.4 Å². The van der Waals surface area contributed by atoms with Gasteiger partial charge in [-0.3, -0.25) is 14.4 Å². The van der Waals surface area contributed by atoms with Gasteiger partial charge in [0.2, 0.25) is 0 Å². The summed E-state index contributed by atoms with van der Waals surface area (Å²) < 4.78 is 16.9. The molecule has 0 aliphatic rings. The second kappa shape index (κ2) is 52.4. The molecule has 0 aromatic heterocycles. The van der Waals surface area contributed by atoms with Crippen molar-refractivity contribution in [1.82, 2.24) is 0 Å². The van der Waals surface area contributed by atoms with Crippen LogP contribution in [0.25, 0.3) is 0 Å². The van der Waals surface area contributed by atoms with Crippen molar-refractivity contribution in [3.8, 4) is 0 Å². The molecular weight excluding hydrogens is 793 g/mol. The summed E-state index contributed by atoms with van der Waals surface area (Å²) in [5, 5.41) is 0. The fourth-order valence-electron chi connectivity index (χ4n) is 8.92. The Labute approximate surface area is 399 Å². The van der Waals surface area contributed by atoms with Gasteiger partial charge < -0.3 is 14.2 Å². The molecule has 0 aromatic carbocycles. The molecule has 0 N–H and O–H groups in total. The molecule has 0 fully saturated rings. The Morgan fingerprint density at radius 3 is 0.766 bits per heavy atom. The average molecular weight is 906 g/mol. The molecule has 0 spiro atoms. The molecule has 0 amide bonds. The Morgan fingerprint density at radius 1 is 0.297 bits per heavy atom. The molecule has 64 heavy (non-hydrogen) atoms. The van der Waals surface area contributed by atoms with E-state index in [0.717, 1.165) is 63.7 Å². The van der Waals surface area contributed by atoms with E-state index in [0.29, 0.717) is 19.3 Å². The summed E-state index contributed by atoms with van der Waals surface area (Å²) >= 11 is 0. The Morgan fingerprint density at radius 2 is 0.516 bits per heavy atom. The van der Waals surface area contributed by atoms with Gasteiger partial charge in [0.25, 0.3) is 0 Å². The van der Waals surface area contributed by atoms with Crippen LogP contribution in [-0.2, 0) is 28.6 Å². The lowest BCUT2D eigenvalue weighted by atomic mass is 10.0. The van der Waals surface area contributed by atoms with Crippen LogP contribution in [0.2, 0.25) is 0 Å². The van der Waals surface area contributed by atoms with Crippen molar-refractivity contribution in [2.45, 2.75) is 336 Å². The molecule has 0 rings (SSSR count). The molecule has 0 aromatic rings. The molecule has 0 radical (unpaired) electrons. The number of ether oxygens (including phenoxy) is 3. The zero-order chi connectivity index (χ0) is 46.7. The standard InChI is InChI=1S/C58H112O6/c1-5-7-9-11-13-15-17-19-21-23-25-26-28-33-37-41-45-49-56(59)62-52-55(53-63-57(60)50-46-42-38-34-31-30-32-36-40-44-48-54(3)4)64-58(61)51-47-43-39-35-29-27-24-22-20-18-16-14-12-10-8-6-2/h54-55H,5-53H2,1-4H3/t55-/m1/s1. The van der Waals surface area contributed by atoms with Crippen LogP contribution in [0.4, 0.5) is 0 Å². The van der Waals surface area contributed by atoms with Gasteiger partial charge in [0.1, 0.15) is 13.2 Å². The summed E-state index contributed by atoms with van der Waals surface area (Å²) in [6.45, 7) is 9.05. The van der Waals surface area contributed by atoms with Crippen LogP contribution in [-0.4, -0.2) is 37.2 Å². The van der Waals surface area contributed by atoms with Crippen LogP contribution in [0.1, 0.15) is 329 Å². The van der Waals surface area contributed by atoms with Crippen LogP contribution in [0.3, 0.4) is 0 Å². The van der Waals surface area contributed by atoms with E-state index in [4.69, 9.17) is 14.2 Å². The number of carbonyl (C=O) groups is 3. The smallest absolute Gasteiger partial charge is 0.306 e. The second-order valence-corrected chi connectivity index (χ2v) is 20.4. The highest BCUT2D eigenvalue weighted by Crippen LogP contribution is 2.18. The number of carbonyl (C=O) groups excluding carboxylic acids is 3. The van der Waals surface area contributed by atoms with Gasteiger partial charge in [-0.05, 0) is 25.2 Å². The van der Waals surface area contributed by atoms with Gasteiger partial charge >= 0.3 is 17.9 Å².